The van der Waals surface area contributed by atoms with E-state index >= 15 is 0 Å². The van der Waals surface area contributed by atoms with Crippen molar-refractivity contribution in [3.8, 4) is 0 Å². The second-order valence-corrected chi connectivity index (χ2v) is 4.55. The largest absolute Gasteiger partial charge is 0.358 e. The van der Waals surface area contributed by atoms with Gasteiger partial charge in [0, 0.05) is 17.6 Å². The molecule has 0 unspecified atom stereocenters. The second-order valence-electron chi connectivity index (χ2n) is 4.55. The number of aromatic nitrogens is 1. The maximum Gasteiger partial charge on any atom is 0.0458 e. The number of hydrogen-bond donors (Lipinski definition) is 1. The molecule has 0 aliphatic carbocycles. The summed E-state index contributed by atoms with van der Waals surface area (Å²) in [5.41, 5.74) is 5.15. The van der Waals surface area contributed by atoms with Crippen molar-refractivity contribution in [2.75, 3.05) is 0 Å². The summed E-state index contributed by atoms with van der Waals surface area (Å²) in [5, 5.41) is 1.29. The Morgan fingerprint density at radius 1 is 0.941 bits per heavy atom. The van der Waals surface area contributed by atoms with Gasteiger partial charge in [0.2, 0.25) is 0 Å². The Kier molecular flexibility index (Phi) is 2.45. The standard InChI is InChI=1S/C16H15N/c1-12-7-8-14-11-15(17-16(14)9-12)10-13-5-3-2-4-6-13/h2-9,11,17H,10H2,1H3. The molecular weight excluding hydrogens is 206 g/mol. The van der Waals surface area contributed by atoms with E-state index in [1.165, 1.54) is 27.7 Å². The molecular formula is C16H15N. The van der Waals surface area contributed by atoms with Crippen LogP contribution in [0.1, 0.15) is 16.8 Å². The summed E-state index contributed by atoms with van der Waals surface area (Å²) in [6.45, 7) is 2.12. The van der Waals surface area contributed by atoms with Gasteiger partial charge in [-0.25, -0.2) is 0 Å². The van der Waals surface area contributed by atoms with Gasteiger partial charge in [0.15, 0.2) is 0 Å². The third-order valence-corrected chi connectivity index (χ3v) is 3.07. The summed E-state index contributed by atoms with van der Waals surface area (Å²) in [4.78, 5) is 3.48. The van der Waals surface area contributed by atoms with Gasteiger partial charge < -0.3 is 4.98 Å². The molecule has 1 N–H and O–H groups in total. The molecule has 0 saturated carbocycles. The zero-order chi connectivity index (χ0) is 11.7. The van der Waals surface area contributed by atoms with E-state index in [0.717, 1.165) is 6.42 Å². The molecule has 3 rings (SSSR count). The summed E-state index contributed by atoms with van der Waals surface area (Å²) in [7, 11) is 0. The average Bonchev–Trinajstić information content (AvgIpc) is 2.71. The van der Waals surface area contributed by atoms with Gasteiger partial charge >= 0.3 is 0 Å². The van der Waals surface area contributed by atoms with Crippen LogP contribution in [-0.2, 0) is 6.42 Å². The minimum Gasteiger partial charge on any atom is -0.358 e. The van der Waals surface area contributed by atoms with Crippen LogP contribution in [0.3, 0.4) is 0 Å². The molecule has 1 aromatic heterocycles. The molecule has 0 radical (unpaired) electrons. The van der Waals surface area contributed by atoms with Crippen molar-refractivity contribution in [3.05, 3.63) is 71.4 Å². The minimum absolute atomic E-state index is 0.967. The Morgan fingerprint density at radius 3 is 2.59 bits per heavy atom. The molecule has 3 aromatic rings. The van der Waals surface area contributed by atoms with Crippen LogP contribution in [0.5, 0.6) is 0 Å². The lowest BCUT2D eigenvalue weighted by Gasteiger charge is -1.97. The van der Waals surface area contributed by atoms with E-state index in [4.69, 9.17) is 0 Å². The van der Waals surface area contributed by atoms with E-state index in [1.54, 1.807) is 0 Å². The Hall–Kier alpha value is -2.02. The van der Waals surface area contributed by atoms with Gasteiger partial charge in [-0.2, -0.15) is 0 Å². The molecule has 1 heterocycles. The number of nitrogens with one attached hydrogen (secondary N) is 1. The topological polar surface area (TPSA) is 15.8 Å². The second kappa shape index (κ2) is 4.10. The molecule has 0 amide bonds. The van der Waals surface area contributed by atoms with Gasteiger partial charge in [-0.1, -0.05) is 42.5 Å². The number of aryl methyl sites for hydroxylation is 1. The summed E-state index contributed by atoms with van der Waals surface area (Å²) in [5.74, 6) is 0. The first-order valence-electron chi connectivity index (χ1n) is 5.93. The summed E-state index contributed by atoms with van der Waals surface area (Å²) in [6.07, 6.45) is 0.967. The van der Waals surface area contributed by atoms with Crippen LogP contribution in [0.15, 0.2) is 54.6 Å². The third-order valence-electron chi connectivity index (χ3n) is 3.07. The van der Waals surface area contributed by atoms with Gasteiger partial charge in [0.1, 0.15) is 0 Å². The molecule has 0 spiro atoms. The molecule has 2 aromatic carbocycles. The van der Waals surface area contributed by atoms with Crippen LogP contribution in [0.25, 0.3) is 10.9 Å². The SMILES string of the molecule is Cc1ccc2cc(Cc3ccccc3)[nH]c2c1. The minimum atomic E-state index is 0.967. The van der Waals surface area contributed by atoms with Crippen molar-refractivity contribution in [2.24, 2.45) is 0 Å². The highest BCUT2D eigenvalue weighted by Crippen LogP contribution is 2.18. The fourth-order valence-corrected chi connectivity index (χ4v) is 2.21. The Labute approximate surface area is 101 Å². The van der Waals surface area contributed by atoms with Crippen LogP contribution in [0, 0.1) is 6.92 Å². The number of H-pyrrole nitrogens is 1. The maximum atomic E-state index is 3.48. The van der Waals surface area contributed by atoms with Crippen LogP contribution in [0.4, 0.5) is 0 Å². The highest BCUT2D eigenvalue weighted by atomic mass is 14.7. The zero-order valence-corrected chi connectivity index (χ0v) is 9.90. The van der Waals surface area contributed by atoms with Crippen LogP contribution >= 0.6 is 0 Å². The van der Waals surface area contributed by atoms with Crippen LogP contribution in [0.2, 0.25) is 0 Å². The van der Waals surface area contributed by atoms with Gasteiger partial charge in [0.25, 0.3) is 0 Å². The van der Waals surface area contributed by atoms with Gasteiger partial charge in [-0.15, -0.1) is 0 Å². The fourth-order valence-electron chi connectivity index (χ4n) is 2.21. The van der Waals surface area contributed by atoms with Crippen molar-refractivity contribution in [1.29, 1.82) is 0 Å². The lowest BCUT2D eigenvalue weighted by Crippen LogP contribution is -1.86. The molecule has 0 aliphatic heterocycles. The van der Waals surface area contributed by atoms with E-state index in [2.05, 4.69) is 66.5 Å². The Balaban J connectivity index is 1.96. The molecule has 17 heavy (non-hydrogen) atoms. The van der Waals surface area contributed by atoms with Crippen molar-refractivity contribution in [3.63, 3.8) is 0 Å². The Morgan fingerprint density at radius 2 is 1.76 bits per heavy atom. The van der Waals surface area contributed by atoms with Crippen molar-refractivity contribution >= 4 is 10.9 Å². The number of fused-ring (bicyclic) bond motifs is 1. The lowest BCUT2D eigenvalue weighted by atomic mass is 10.1. The normalized spacial score (nSPS) is 10.9. The van der Waals surface area contributed by atoms with Crippen LogP contribution in [-0.4, -0.2) is 4.98 Å². The monoisotopic (exact) mass is 221 g/mol. The highest BCUT2D eigenvalue weighted by Gasteiger charge is 2.01. The molecule has 0 fully saturated rings. The van der Waals surface area contributed by atoms with E-state index < -0.39 is 0 Å². The zero-order valence-electron chi connectivity index (χ0n) is 9.90. The van der Waals surface area contributed by atoms with E-state index in [9.17, 15) is 0 Å². The molecule has 0 aliphatic rings. The van der Waals surface area contributed by atoms with Gasteiger partial charge in [-0.05, 0) is 35.6 Å². The molecule has 1 heteroatoms. The molecule has 1 nitrogen and oxygen atoms in total. The van der Waals surface area contributed by atoms with E-state index in [1.807, 2.05) is 0 Å². The van der Waals surface area contributed by atoms with E-state index in [0.29, 0.717) is 0 Å². The predicted octanol–water partition coefficient (Wildman–Crippen LogP) is 4.07. The van der Waals surface area contributed by atoms with Crippen LogP contribution < -0.4 is 0 Å². The summed E-state index contributed by atoms with van der Waals surface area (Å²) in [6, 6.07) is 19.3. The quantitative estimate of drug-likeness (QED) is 0.671. The van der Waals surface area contributed by atoms with Gasteiger partial charge in [0.05, 0.1) is 0 Å². The van der Waals surface area contributed by atoms with Crippen molar-refractivity contribution in [1.82, 2.24) is 4.98 Å². The lowest BCUT2D eigenvalue weighted by molar-refractivity contribution is 1.12. The first kappa shape index (κ1) is 10.2. The maximum absolute atomic E-state index is 3.48. The number of hydrogen-bond acceptors (Lipinski definition) is 0. The average molecular weight is 221 g/mol. The number of aromatic amines is 1. The van der Waals surface area contributed by atoms with Crippen molar-refractivity contribution < 1.29 is 0 Å². The first-order chi connectivity index (χ1) is 8.31. The molecule has 0 saturated heterocycles. The first-order valence-corrected chi connectivity index (χ1v) is 5.93. The van der Waals surface area contributed by atoms with E-state index in [-0.39, 0.29) is 0 Å². The fraction of sp³-hybridized carbons (Fsp3) is 0.125. The predicted molar refractivity (Wildman–Crippen MR) is 72.3 cm³/mol. The summed E-state index contributed by atoms with van der Waals surface area (Å²) >= 11 is 0. The third kappa shape index (κ3) is 2.09. The smallest absolute Gasteiger partial charge is 0.0458 e. The Bertz CT molecular complexity index is 635. The number of rotatable bonds is 2. The molecule has 0 bridgehead atoms. The number of benzene rings is 2. The summed E-state index contributed by atoms with van der Waals surface area (Å²) < 4.78 is 0. The molecule has 0 atom stereocenters. The molecule has 84 valence electrons. The highest BCUT2D eigenvalue weighted by molar-refractivity contribution is 5.81. The van der Waals surface area contributed by atoms with Crippen molar-refractivity contribution in [2.45, 2.75) is 13.3 Å². The van der Waals surface area contributed by atoms with Gasteiger partial charge in [-0.3, -0.25) is 0 Å².